The van der Waals surface area contributed by atoms with E-state index in [0.29, 0.717) is 18.2 Å². The first kappa shape index (κ1) is 20.7. The molecule has 0 saturated carbocycles. The summed E-state index contributed by atoms with van der Waals surface area (Å²) in [6.45, 7) is 10.3. The molecule has 0 aliphatic heterocycles. The second-order valence-electron chi connectivity index (χ2n) is 6.82. The lowest BCUT2D eigenvalue weighted by atomic mass is 10.1. The first-order valence-corrected chi connectivity index (χ1v) is 9.78. The molecule has 0 atom stereocenters. The van der Waals surface area contributed by atoms with E-state index >= 15 is 0 Å². The van der Waals surface area contributed by atoms with Crippen LogP contribution in [0.4, 0.5) is 17.3 Å². The van der Waals surface area contributed by atoms with E-state index in [1.807, 2.05) is 22.7 Å². The van der Waals surface area contributed by atoms with Gasteiger partial charge in [0, 0.05) is 32.0 Å². The first-order chi connectivity index (χ1) is 14.1. The number of ether oxygens (including phenoxy) is 2. The molecule has 0 radical (unpaired) electrons. The zero-order valence-electron chi connectivity index (χ0n) is 17.6. The molecular formula is C22H29N5O2. The molecule has 7 heteroatoms. The topological polar surface area (TPSA) is 63.9 Å². The highest BCUT2D eigenvalue weighted by Gasteiger charge is 2.22. The van der Waals surface area contributed by atoms with Gasteiger partial charge in [0.15, 0.2) is 17.3 Å². The summed E-state index contributed by atoms with van der Waals surface area (Å²) in [5.74, 6) is 2.14. The number of anilines is 3. The van der Waals surface area contributed by atoms with Crippen LogP contribution in [0.1, 0.15) is 24.5 Å². The van der Waals surface area contributed by atoms with Crippen LogP contribution in [0, 0.1) is 6.92 Å². The van der Waals surface area contributed by atoms with Crippen molar-refractivity contribution < 1.29 is 9.47 Å². The van der Waals surface area contributed by atoms with Crippen molar-refractivity contribution >= 4 is 29.0 Å². The van der Waals surface area contributed by atoms with Gasteiger partial charge >= 0.3 is 0 Å². The Morgan fingerprint density at radius 3 is 2.76 bits per heavy atom. The maximum Gasteiger partial charge on any atom is 0.204 e. The summed E-state index contributed by atoms with van der Waals surface area (Å²) < 4.78 is 13.0. The second kappa shape index (κ2) is 9.43. The van der Waals surface area contributed by atoms with E-state index in [-0.39, 0.29) is 0 Å². The number of fused-ring (bicyclic) bond motifs is 1. The maximum absolute atomic E-state index is 5.84. The summed E-state index contributed by atoms with van der Waals surface area (Å²) in [6, 6.07) is 8.06. The summed E-state index contributed by atoms with van der Waals surface area (Å²) in [7, 11) is 3.36. The summed E-state index contributed by atoms with van der Waals surface area (Å²) in [4.78, 5) is 6.98. The molecule has 0 unspecified atom stereocenters. The average Bonchev–Trinajstić information content (AvgIpc) is 3.19. The zero-order valence-corrected chi connectivity index (χ0v) is 17.6. The van der Waals surface area contributed by atoms with Gasteiger partial charge < -0.3 is 19.7 Å². The Morgan fingerprint density at radius 2 is 2.07 bits per heavy atom. The number of aromatic nitrogens is 3. The van der Waals surface area contributed by atoms with Gasteiger partial charge in [-0.15, -0.1) is 0 Å². The summed E-state index contributed by atoms with van der Waals surface area (Å²) >= 11 is 0. The highest BCUT2D eigenvalue weighted by Crippen LogP contribution is 2.37. The third-order valence-corrected chi connectivity index (χ3v) is 4.71. The van der Waals surface area contributed by atoms with Crippen LogP contribution < -0.4 is 15.0 Å². The van der Waals surface area contributed by atoms with E-state index in [4.69, 9.17) is 14.5 Å². The van der Waals surface area contributed by atoms with Crippen molar-refractivity contribution in [3.8, 4) is 5.75 Å². The predicted molar refractivity (Wildman–Crippen MR) is 118 cm³/mol. The minimum Gasteiger partial charge on any atom is -0.490 e. The number of nitrogens with zero attached hydrogens (tertiary/aromatic N) is 4. The lowest BCUT2D eigenvalue weighted by molar-refractivity contribution is 0.204. The molecule has 0 aliphatic rings. The third-order valence-electron chi connectivity index (χ3n) is 4.71. The SMILES string of the molecule is C=Cc1cc(C)ccc1Nc1nc2ccnn2c(N(CCC)CCOC)c1OC. The summed E-state index contributed by atoms with van der Waals surface area (Å²) in [6.07, 6.45) is 4.57. The van der Waals surface area contributed by atoms with Crippen molar-refractivity contribution in [1.82, 2.24) is 14.6 Å². The zero-order chi connectivity index (χ0) is 20.8. The molecule has 0 bridgehead atoms. The molecule has 0 spiro atoms. The van der Waals surface area contributed by atoms with E-state index in [9.17, 15) is 0 Å². The van der Waals surface area contributed by atoms with Crippen molar-refractivity contribution in [2.24, 2.45) is 0 Å². The van der Waals surface area contributed by atoms with Crippen molar-refractivity contribution in [3.05, 3.63) is 48.2 Å². The number of hydrogen-bond acceptors (Lipinski definition) is 6. The van der Waals surface area contributed by atoms with Crippen molar-refractivity contribution in [2.75, 3.05) is 44.1 Å². The fourth-order valence-corrected chi connectivity index (χ4v) is 3.35. The standard InChI is InChI=1S/C22H29N5O2/c1-6-12-26(13-14-28-4)22-20(29-5)21(25-19-10-11-23-27(19)22)24-18-9-8-16(3)15-17(18)7-2/h7-11,15H,2,6,12-14H2,1,3-5H3,(H,24,25). The molecule has 3 aromatic rings. The van der Waals surface area contributed by atoms with Crippen molar-refractivity contribution in [3.63, 3.8) is 0 Å². The van der Waals surface area contributed by atoms with Gasteiger partial charge in [-0.05, 0) is 31.0 Å². The van der Waals surface area contributed by atoms with Crippen molar-refractivity contribution in [1.29, 1.82) is 0 Å². The quantitative estimate of drug-likeness (QED) is 0.552. The number of aryl methyl sites for hydroxylation is 1. The van der Waals surface area contributed by atoms with Crippen LogP contribution in [0.5, 0.6) is 5.75 Å². The molecule has 2 aromatic heterocycles. The van der Waals surface area contributed by atoms with E-state index in [0.717, 1.165) is 42.2 Å². The van der Waals surface area contributed by atoms with Crippen LogP contribution in [0.15, 0.2) is 37.0 Å². The molecule has 0 aliphatic carbocycles. The summed E-state index contributed by atoms with van der Waals surface area (Å²) in [5.41, 5.74) is 3.85. The summed E-state index contributed by atoms with van der Waals surface area (Å²) in [5, 5.41) is 7.92. The predicted octanol–water partition coefficient (Wildman–Crippen LogP) is 4.30. The van der Waals surface area contributed by atoms with Gasteiger partial charge in [-0.1, -0.05) is 31.2 Å². The molecule has 1 N–H and O–H groups in total. The van der Waals surface area contributed by atoms with E-state index in [2.05, 4.69) is 47.9 Å². The Labute approximate surface area is 172 Å². The minimum atomic E-state index is 0.607. The molecule has 1 aromatic carbocycles. The Hall–Kier alpha value is -3.06. The van der Waals surface area contributed by atoms with Crippen molar-refractivity contribution in [2.45, 2.75) is 20.3 Å². The number of benzene rings is 1. The van der Waals surface area contributed by atoms with Crippen LogP contribution in [0.2, 0.25) is 0 Å². The Kier molecular flexibility index (Phi) is 6.72. The molecule has 7 nitrogen and oxygen atoms in total. The van der Waals surface area contributed by atoms with Gasteiger partial charge in [0.05, 0.1) is 19.9 Å². The smallest absolute Gasteiger partial charge is 0.204 e. The second-order valence-corrected chi connectivity index (χ2v) is 6.82. The molecule has 3 rings (SSSR count). The van der Waals surface area contributed by atoms with E-state index < -0.39 is 0 Å². The fourth-order valence-electron chi connectivity index (χ4n) is 3.35. The van der Waals surface area contributed by atoms with Crippen LogP contribution in [-0.2, 0) is 4.74 Å². The van der Waals surface area contributed by atoms with Gasteiger partial charge in [-0.25, -0.2) is 4.98 Å². The number of nitrogens with one attached hydrogen (secondary N) is 1. The van der Waals surface area contributed by atoms with E-state index in [1.54, 1.807) is 20.4 Å². The average molecular weight is 396 g/mol. The highest BCUT2D eigenvalue weighted by atomic mass is 16.5. The number of methoxy groups -OCH3 is 2. The lowest BCUT2D eigenvalue weighted by Gasteiger charge is -2.27. The fraction of sp³-hybridized carbons (Fsp3) is 0.364. The Balaban J connectivity index is 2.14. The van der Waals surface area contributed by atoms with Crippen LogP contribution in [-0.4, -0.2) is 48.5 Å². The Bertz CT molecular complexity index is 983. The van der Waals surface area contributed by atoms with Gasteiger partial charge in [-0.3, -0.25) is 0 Å². The molecular weight excluding hydrogens is 366 g/mol. The molecule has 154 valence electrons. The third kappa shape index (κ3) is 4.35. The Morgan fingerprint density at radius 1 is 1.24 bits per heavy atom. The first-order valence-electron chi connectivity index (χ1n) is 9.78. The number of hydrogen-bond donors (Lipinski definition) is 1. The van der Waals surface area contributed by atoms with E-state index in [1.165, 1.54) is 5.56 Å². The molecule has 0 fully saturated rings. The normalized spacial score (nSPS) is 10.9. The highest BCUT2D eigenvalue weighted by molar-refractivity contribution is 5.77. The lowest BCUT2D eigenvalue weighted by Crippen LogP contribution is -2.30. The van der Waals surface area contributed by atoms with Crippen LogP contribution in [0.3, 0.4) is 0 Å². The molecule has 0 amide bonds. The number of rotatable bonds is 10. The van der Waals surface area contributed by atoms with Crippen LogP contribution in [0.25, 0.3) is 11.7 Å². The molecule has 2 heterocycles. The largest absolute Gasteiger partial charge is 0.490 e. The van der Waals surface area contributed by atoms with Gasteiger partial charge in [0.1, 0.15) is 0 Å². The maximum atomic E-state index is 5.84. The van der Waals surface area contributed by atoms with Gasteiger partial charge in [0.2, 0.25) is 5.75 Å². The van der Waals surface area contributed by atoms with Gasteiger partial charge in [0.25, 0.3) is 0 Å². The van der Waals surface area contributed by atoms with Crippen LogP contribution >= 0.6 is 0 Å². The molecule has 29 heavy (non-hydrogen) atoms. The monoisotopic (exact) mass is 395 g/mol. The minimum absolute atomic E-state index is 0.607. The molecule has 0 saturated heterocycles. The van der Waals surface area contributed by atoms with Gasteiger partial charge in [-0.2, -0.15) is 9.61 Å².